The Morgan fingerprint density at radius 3 is 2.09 bits per heavy atom. The van der Waals surface area contributed by atoms with Crippen molar-refractivity contribution in [2.45, 2.75) is 65.7 Å². The third-order valence-electron chi connectivity index (χ3n) is 4.17. The molecule has 0 aliphatic carbocycles. The molecular weight excluding hydrogens is 284 g/mol. The normalized spacial score (nSPS) is 12.7. The fourth-order valence-electron chi connectivity index (χ4n) is 2.95. The number of rotatable bonds is 3. The molecule has 0 unspecified atom stereocenters. The minimum Gasteiger partial charge on any atom is -0.507 e. The molecule has 1 N–H and O–H groups in total. The molecule has 0 fully saturated rings. The summed E-state index contributed by atoms with van der Waals surface area (Å²) in [5.74, 6) is 1.26. The van der Waals surface area contributed by atoms with Gasteiger partial charge in [-0.2, -0.15) is 0 Å². The van der Waals surface area contributed by atoms with Crippen molar-refractivity contribution in [3.05, 3.63) is 35.4 Å². The van der Waals surface area contributed by atoms with E-state index in [0.29, 0.717) is 12.4 Å². The van der Waals surface area contributed by atoms with Crippen molar-refractivity contribution in [1.29, 1.82) is 0 Å². The zero-order valence-corrected chi connectivity index (χ0v) is 15.6. The minimum absolute atomic E-state index is 0.0461. The summed E-state index contributed by atoms with van der Waals surface area (Å²) in [6.07, 6.45) is 0.964. The molecule has 2 aromatic rings. The minimum atomic E-state index is -0.145. The van der Waals surface area contributed by atoms with E-state index in [-0.39, 0.29) is 10.8 Å². The van der Waals surface area contributed by atoms with Gasteiger partial charge in [0.2, 0.25) is 0 Å². The zero-order chi connectivity index (χ0) is 17.4. The molecule has 0 bridgehead atoms. The van der Waals surface area contributed by atoms with Gasteiger partial charge in [-0.3, -0.25) is 0 Å². The van der Waals surface area contributed by atoms with Crippen LogP contribution in [0.4, 0.5) is 0 Å². The number of aromatic hydroxyl groups is 1. The number of hydrogen-bond acceptors (Lipinski definition) is 2. The molecule has 126 valence electrons. The number of phenols is 1. The summed E-state index contributed by atoms with van der Waals surface area (Å²) in [6.45, 7) is 15.7. The van der Waals surface area contributed by atoms with Gasteiger partial charge in [-0.05, 0) is 28.9 Å². The van der Waals surface area contributed by atoms with Gasteiger partial charge < -0.3 is 9.84 Å². The number of fused-ring (bicyclic) bond motifs is 1. The van der Waals surface area contributed by atoms with E-state index in [2.05, 4.69) is 60.6 Å². The average Bonchev–Trinajstić information content (AvgIpc) is 2.43. The van der Waals surface area contributed by atoms with E-state index in [1.807, 2.05) is 12.1 Å². The number of hydrogen-bond donors (Lipinski definition) is 1. The molecule has 0 saturated heterocycles. The zero-order valence-electron chi connectivity index (χ0n) is 15.6. The molecule has 2 heteroatoms. The highest BCUT2D eigenvalue weighted by Crippen LogP contribution is 2.45. The molecule has 0 amide bonds. The molecular formula is C21H30O2. The van der Waals surface area contributed by atoms with Crippen LogP contribution in [0.15, 0.2) is 24.3 Å². The molecule has 2 nitrogen and oxygen atoms in total. The lowest BCUT2D eigenvalue weighted by atomic mass is 9.79. The van der Waals surface area contributed by atoms with Crippen LogP contribution in [0.3, 0.4) is 0 Å². The Bertz CT molecular complexity index is 700. The molecule has 0 radical (unpaired) electrons. The van der Waals surface area contributed by atoms with Gasteiger partial charge >= 0.3 is 0 Å². The maximum absolute atomic E-state index is 11.0. The highest BCUT2D eigenvalue weighted by molar-refractivity contribution is 5.97. The van der Waals surface area contributed by atoms with E-state index in [1.54, 1.807) is 0 Å². The summed E-state index contributed by atoms with van der Waals surface area (Å²) in [5.41, 5.74) is 1.90. The van der Waals surface area contributed by atoms with Crippen molar-refractivity contribution >= 4 is 10.8 Å². The van der Waals surface area contributed by atoms with E-state index in [1.165, 1.54) is 0 Å². The first kappa shape index (κ1) is 17.7. The van der Waals surface area contributed by atoms with Gasteiger partial charge in [0.05, 0.1) is 6.61 Å². The molecule has 0 saturated carbocycles. The van der Waals surface area contributed by atoms with Crippen molar-refractivity contribution in [3.63, 3.8) is 0 Å². The van der Waals surface area contributed by atoms with Crippen LogP contribution in [0.5, 0.6) is 11.5 Å². The van der Waals surface area contributed by atoms with Gasteiger partial charge in [0.15, 0.2) is 0 Å². The lowest BCUT2D eigenvalue weighted by Gasteiger charge is -2.27. The van der Waals surface area contributed by atoms with E-state index < -0.39 is 0 Å². The van der Waals surface area contributed by atoms with E-state index >= 15 is 0 Å². The molecule has 23 heavy (non-hydrogen) atoms. The smallest absolute Gasteiger partial charge is 0.127 e. The predicted molar refractivity (Wildman–Crippen MR) is 98.8 cm³/mol. The molecule has 0 aliphatic heterocycles. The van der Waals surface area contributed by atoms with Crippen molar-refractivity contribution in [3.8, 4) is 11.5 Å². The molecule has 0 heterocycles. The molecule has 2 aromatic carbocycles. The molecule has 0 spiro atoms. The largest absolute Gasteiger partial charge is 0.507 e. The first-order chi connectivity index (χ1) is 10.6. The van der Waals surface area contributed by atoms with Gasteiger partial charge in [-0.1, -0.05) is 66.7 Å². The van der Waals surface area contributed by atoms with Crippen molar-refractivity contribution in [1.82, 2.24) is 0 Å². The standard InChI is InChI=1S/C21H30O2/c1-8-12-23-17-13-16(21(5,6)7)19(22)18-14(17)10-9-11-15(18)20(2,3)4/h9-11,13,22H,8,12H2,1-7H3. The summed E-state index contributed by atoms with van der Waals surface area (Å²) in [6, 6.07) is 8.22. The van der Waals surface area contributed by atoms with Crippen LogP contribution in [0.1, 0.15) is 66.0 Å². The molecule has 0 atom stereocenters. The van der Waals surface area contributed by atoms with E-state index in [0.717, 1.165) is 34.1 Å². The summed E-state index contributed by atoms with van der Waals surface area (Å²) >= 11 is 0. The second kappa shape index (κ2) is 6.07. The van der Waals surface area contributed by atoms with E-state index in [4.69, 9.17) is 4.74 Å². The third-order valence-corrected chi connectivity index (χ3v) is 4.17. The van der Waals surface area contributed by atoms with Crippen LogP contribution in [0.25, 0.3) is 10.8 Å². The number of phenolic OH excluding ortho intramolecular Hbond substituents is 1. The van der Waals surface area contributed by atoms with Crippen LogP contribution >= 0.6 is 0 Å². The van der Waals surface area contributed by atoms with Gasteiger partial charge in [0, 0.05) is 16.3 Å². The quantitative estimate of drug-likeness (QED) is 0.761. The Kier molecular flexibility index (Phi) is 4.66. The Morgan fingerprint density at radius 2 is 1.57 bits per heavy atom. The highest BCUT2D eigenvalue weighted by atomic mass is 16.5. The monoisotopic (exact) mass is 314 g/mol. The first-order valence-electron chi connectivity index (χ1n) is 8.49. The summed E-state index contributed by atoms with van der Waals surface area (Å²) in [7, 11) is 0. The van der Waals surface area contributed by atoms with Crippen LogP contribution in [-0.4, -0.2) is 11.7 Å². The second-order valence-electron chi connectivity index (χ2n) is 8.35. The predicted octanol–water partition coefficient (Wildman–Crippen LogP) is 5.93. The topological polar surface area (TPSA) is 29.5 Å². The molecule has 0 aromatic heterocycles. The lowest BCUT2D eigenvalue weighted by Crippen LogP contribution is -2.15. The summed E-state index contributed by atoms with van der Waals surface area (Å²) in [4.78, 5) is 0. The van der Waals surface area contributed by atoms with Crippen LogP contribution < -0.4 is 4.74 Å². The molecule has 0 aliphatic rings. The second-order valence-corrected chi connectivity index (χ2v) is 8.35. The Labute approximate surface area is 140 Å². The van der Waals surface area contributed by atoms with Gasteiger partial charge in [-0.25, -0.2) is 0 Å². The Balaban J connectivity index is 2.89. The van der Waals surface area contributed by atoms with Crippen molar-refractivity contribution in [2.75, 3.05) is 6.61 Å². The van der Waals surface area contributed by atoms with Gasteiger partial charge in [0.25, 0.3) is 0 Å². The lowest BCUT2D eigenvalue weighted by molar-refractivity contribution is 0.319. The van der Waals surface area contributed by atoms with Crippen LogP contribution in [0, 0.1) is 0 Å². The van der Waals surface area contributed by atoms with E-state index in [9.17, 15) is 5.11 Å². The number of ether oxygens (including phenoxy) is 1. The van der Waals surface area contributed by atoms with Crippen molar-refractivity contribution in [2.24, 2.45) is 0 Å². The third kappa shape index (κ3) is 3.46. The van der Waals surface area contributed by atoms with Gasteiger partial charge in [-0.15, -0.1) is 0 Å². The first-order valence-corrected chi connectivity index (χ1v) is 8.49. The summed E-state index contributed by atoms with van der Waals surface area (Å²) < 4.78 is 6.02. The summed E-state index contributed by atoms with van der Waals surface area (Å²) in [5, 5.41) is 12.9. The highest BCUT2D eigenvalue weighted by Gasteiger charge is 2.26. The Hall–Kier alpha value is -1.70. The van der Waals surface area contributed by atoms with Crippen LogP contribution in [-0.2, 0) is 10.8 Å². The molecule has 2 rings (SSSR count). The van der Waals surface area contributed by atoms with Crippen LogP contribution in [0.2, 0.25) is 0 Å². The van der Waals surface area contributed by atoms with Crippen molar-refractivity contribution < 1.29 is 9.84 Å². The van der Waals surface area contributed by atoms with Gasteiger partial charge in [0.1, 0.15) is 11.5 Å². The average molecular weight is 314 g/mol. The SMILES string of the molecule is CCCOc1cc(C(C)(C)C)c(O)c2c(C(C)(C)C)cccc12. The fraction of sp³-hybridized carbons (Fsp3) is 0.524. The Morgan fingerprint density at radius 1 is 0.957 bits per heavy atom. The maximum atomic E-state index is 11.0. The number of benzene rings is 2. The fourth-order valence-corrected chi connectivity index (χ4v) is 2.95. The maximum Gasteiger partial charge on any atom is 0.127 e.